The van der Waals surface area contributed by atoms with Gasteiger partial charge in [-0.25, -0.2) is 4.39 Å². The number of hydrogen-bond donors (Lipinski definition) is 1. The van der Waals surface area contributed by atoms with E-state index in [1.807, 2.05) is 19.9 Å². The Morgan fingerprint density at radius 3 is 2.56 bits per heavy atom. The van der Waals surface area contributed by atoms with Crippen molar-refractivity contribution in [2.45, 2.75) is 25.8 Å². The van der Waals surface area contributed by atoms with Gasteiger partial charge in [-0.3, -0.25) is 4.98 Å². The van der Waals surface area contributed by atoms with Gasteiger partial charge in [-0.1, -0.05) is 25.1 Å². The van der Waals surface area contributed by atoms with Gasteiger partial charge < -0.3 is 5.73 Å². The lowest BCUT2D eigenvalue weighted by atomic mass is 9.80. The molecule has 1 heterocycles. The van der Waals surface area contributed by atoms with E-state index in [9.17, 15) is 4.39 Å². The zero-order valence-corrected chi connectivity index (χ0v) is 10.7. The topological polar surface area (TPSA) is 38.9 Å². The van der Waals surface area contributed by atoms with Crippen molar-refractivity contribution in [3.05, 3.63) is 65.2 Å². The normalized spacial score (nSPS) is 14.2. The predicted octanol–water partition coefficient (Wildman–Crippen LogP) is 3.14. The lowest BCUT2D eigenvalue weighted by Gasteiger charge is -2.30. The predicted molar refractivity (Wildman–Crippen MR) is 70.6 cm³/mol. The van der Waals surface area contributed by atoms with Gasteiger partial charge in [0.05, 0.1) is 5.54 Å². The third kappa shape index (κ3) is 2.02. The first-order chi connectivity index (χ1) is 8.59. The molecule has 2 rings (SSSR count). The number of aromatic nitrogens is 1. The van der Waals surface area contributed by atoms with Crippen molar-refractivity contribution in [2.24, 2.45) is 5.73 Å². The monoisotopic (exact) mass is 244 g/mol. The van der Waals surface area contributed by atoms with E-state index in [0.29, 0.717) is 12.0 Å². The minimum absolute atomic E-state index is 0.273. The smallest absolute Gasteiger partial charge is 0.128 e. The Balaban J connectivity index is 2.63. The second-order valence-electron chi connectivity index (χ2n) is 4.50. The molecular formula is C15H17FN2. The van der Waals surface area contributed by atoms with Crippen LogP contribution in [-0.4, -0.2) is 4.98 Å². The van der Waals surface area contributed by atoms with E-state index in [-0.39, 0.29) is 5.82 Å². The second kappa shape index (κ2) is 4.86. The van der Waals surface area contributed by atoms with E-state index in [1.54, 1.807) is 30.6 Å². The molecule has 0 bridgehead atoms. The highest BCUT2D eigenvalue weighted by Gasteiger charge is 2.31. The third-order valence-corrected chi connectivity index (χ3v) is 3.43. The van der Waals surface area contributed by atoms with Crippen LogP contribution in [0.25, 0.3) is 0 Å². The maximum atomic E-state index is 14.0. The fourth-order valence-corrected chi connectivity index (χ4v) is 2.28. The molecule has 0 saturated carbocycles. The van der Waals surface area contributed by atoms with Gasteiger partial charge in [0.2, 0.25) is 0 Å². The molecule has 2 aromatic rings. The SMILES string of the molecule is CCC(N)(c1cnccc1C)c1ccccc1F. The summed E-state index contributed by atoms with van der Waals surface area (Å²) >= 11 is 0. The number of nitrogens with two attached hydrogens (primary N) is 1. The van der Waals surface area contributed by atoms with Crippen molar-refractivity contribution < 1.29 is 4.39 Å². The second-order valence-corrected chi connectivity index (χ2v) is 4.50. The molecule has 1 aromatic heterocycles. The van der Waals surface area contributed by atoms with Gasteiger partial charge in [-0.2, -0.15) is 0 Å². The van der Waals surface area contributed by atoms with Crippen molar-refractivity contribution in [3.63, 3.8) is 0 Å². The van der Waals surface area contributed by atoms with Crippen LogP contribution in [0.5, 0.6) is 0 Å². The third-order valence-electron chi connectivity index (χ3n) is 3.43. The summed E-state index contributed by atoms with van der Waals surface area (Å²) in [6.07, 6.45) is 4.06. The molecule has 0 aliphatic heterocycles. The van der Waals surface area contributed by atoms with Crippen LogP contribution in [0.3, 0.4) is 0 Å². The lowest BCUT2D eigenvalue weighted by Crippen LogP contribution is -2.39. The molecule has 0 spiro atoms. The van der Waals surface area contributed by atoms with Crippen LogP contribution in [0, 0.1) is 12.7 Å². The van der Waals surface area contributed by atoms with Crippen LogP contribution in [-0.2, 0) is 5.54 Å². The van der Waals surface area contributed by atoms with Crippen molar-refractivity contribution in [1.82, 2.24) is 4.98 Å². The van der Waals surface area contributed by atoms with Gasteiger partial charge in [0, 0.05) is 18.0 Å². The molecule has 1 atom stereocenters. The average Bonchev–Trinajstić information content (AvgIpc) is 2.39. The Bertz CT molecular complexity index is 506. The van der Waals surface area contributed by atoms with Crippen LogP contribution in [0.15, 0.2) is 42.7 Å². The number of rotatable bonds is 3. The van der Waals surface area contributed by atoms with Crippen LogP contribution in [0.1, 0.15) is 30.0 Å². The molecule has 0 fully saturated rings. The summed E-state index contributed by atoms with van der Waals surface area (Å²) in [7, 11) is 0. The summed E-state index contributed by atoms with van der Waals surface area (Å²) in [6, 6.07) is 8.56. The average molecular weight is 244 g/mol. The van der Waals surface area contributed by atoms with E-state index in [2.05, 4.69) is 4.98 Å². The summed E-state index contributed by atoms with van der Waals surface area (Å²) in [6.45, 7) is 3.92. The quantitative estimate of drug-likeness (QED) is 0.900. The van der Waals surface area contributed by atoms with E-state index in [4.69, 9.17) is 5.73 Å². The van der Waals surface area contributed by atoms with Gasteiger partial charge >= 0.3 is 0 Å². The Hall–Kier alpha value is -1.74. The van der Waals surface area contributed by atoms with E-state index < -0.39 is 5.54 Å². The molecule has 0 radical (unpaired) electrons. The van der Waals surface area contributed by atoms with Gasteiger partial charge in [0.1, 0.15) is 5.82 Å². The van der Waals surface area contributed by atoms with Crippen LogP contribution < -0.4 is 5.73 Å². The molecule has 1 aromatic carbocycles. The molecule has 1 unspecified atom stereocenters. The first-order valence-corrected chi connectivity index (χ1v) is 6.04. The van der Waals surface area contributed by atoms with Crippen LogP contribution in [0.4, 0.5) is 4.39 Å². The maximum absolute atomic E-state index is 14.0. The molecule has 0 aliphatic rings. The molecule has 0 aliphatic carbocycles. The van der Waals surface area contributed by atoms with Crippen molar-refractivity contribution in [1.29, 1.82) is 0 Å². The molecule has 94 valence electrons. The highest BCUT2D eigenvalue weighted by atomic mass is 19.1. The van der Waals surface area contributed by atoms with Crippen molar-refractivity contribution in [2.75, 3.05) is 0 Å². The molecule has 2 nitrogen and oxygen atoms in total. The Morgan fingerprint density at radius 2 is 1.94 bits per heavy atom. The zero-order chi connectivity index (χ0) is 13.2. The number of aryl methyl sites for hydroxylation is 1. The first-order valence-electron chi connectivity index (χ1n) is 6.04. The number of halogens is 1. The fraction of sp³-hybridized carbons (Fsp3) is 0.267. The van der Waals surface area contributed by atoms with Crippen LogP contribution in [0.2, 0.25) is 0 Å². The maximum Gasteiger partial charge on any atom is 0.128 e. The number of pyridine rings is 1. The Kier molecular flexibility index (Phi) is 3.43. The van der Waals surface area contributed by atoms with Gasteiger partial charge in [-0.05, 0) is 36.6 Å². The minimum atomic E-state index is -0.830. The molecule has 3 heteroatoms. The lowest BCUT2D eigenvalue weighted by molar-refractivity contribution is 0.476. The largest absolute Gasteiger partial charge is 0.318 e. The molecular weight excluding hydrogens is 227 g/mol. The summed E-state index contributed by atoms with van der Waals surface area (Å²) in [5.41, 5.74) is 8.05. The summed E-state index contributed by atoms with van der Waals surface area (Å²) in [5, 5.41) is 0. The Morgan fingerprint density at radius 1 is 1.22 bits per heavy atom. The highest BCUT2D eigenvalue weighted by Crippen LogP contribution is 2.33. The molecule has 2 N–H and O–H groups in total. The summed E-state index contributed by atoms with van der Waals surface area (Å²) in [4.78, 5) is 4.11. The standard InChI is InChI=1S/C15H17FN2/c1-3-15(17,12-6-4-5-7-14(12)16)13-10-18-9-8-11(13)2/h4-10H,3,17H2,1-2H3. The number of benzene rings is 1. The molecule has 0 saturated heterocycles. The molecule has 18 heavy (non-hydrogen) atoms. The van der Waals surface area contributed by atoms with Gasteiger partial charge in [-0.15, -0.1) is 0 Å². The van der Waals surface area contributed by atoms with Crippen LogP contribution >= 0.6 is 0 Å². The minimum Gasteiger partial charge on any atom is -0.318 e. The van der Waals surface area contributed by atoms with E-state index in [0.717, 1.165) is 11.1 Å². The van der Waals surface area contributed by atoms with E-state index in [1.165, 1.54) is 6.07 Å². The Labute approximate surface area is 107 Å². The number of nitrogens with zero attached hydrogens (tertiary/aromatic N) is 1. The highest BCUT2D eigenvalue weighted by molar-refractivity contribution is 5.41. The summed E-state index contributed by atoms with van der Waals surface area (Å²) in [5.74, 6) is -0.273. The fourth-order valence-electron chi connectivity index (χ4n) is 2.28. The first kappa shape index (κ1) is 12.7. The van der Waals surface area contributed by atoms with Crippen molar-refractivity contribution >= 4 is 0 Å². The van der Waals surface area contributed by atoms with E-state index >= 15 is 0 Å². The number of hydrogen-bond acceptors (Lipinski definition) is 2. The molecule has 0 amide bonds. The van der Waals surface area contributed by atoms with Crippen molar-refractivity contribution in [3.8, 4) is 0 Å². The van der Waals surface area contributed by atoms with Gasteiger partial charge in [0.15, 0.2) is 0 Å². The zero-order valence-electron chi connectivity index (χ0n) is 10.7. The van der Waals surface area contributed by atoms with Gasteiger partial charge in [0.25, 0.3) is 0 Å². The summed E-state index contributed by atoms with van der Waals surface area (Å²) < 4.78 is 14.0.